The van der Waals surface area contributed by atoms with Crippen LogP contribution in [0.15, 0.2) is 42.9 Å². The first-order valence-corrected chi connectivity index (χ1v) is 7.83. The third-order valence-electron chi connectivity index (χ3n) is 4.38. The van der Waals surface area contributed by atoms with E-state index in [1.54, 1.807) is 16.0 Å². The summed E-state index contributed by atoms with van der Waals surface area (Å²) in [6.45, 7) is 1.30. The van der Waals surface area contributed by atoms with Crippen LogP contribution < -0.4 is 4.90 Å². The van der Waals surface area contributed by atoms with E-state index in [1.807, 2.05) is 24.3 Å². The Labute approximate surface area is 138 Å². The van der Waals surface area contributed by atoms with Gasteiger partial charge in [0.25, 0.3) is 5.91 Å². The van der Waals surface area contributed by atoms with Crippen LogP contribution in [0.5, 0.6) is 0 Å². The molecule has 122 valence electrons. The molecule has 0 N–H and O–H groups in total. The minimum Gasteiger partial charge on any atom is -0.447 e. The van der Waals surface area contributed by atoms with E-state index in [-0.39, 0.29) is 18.0 Å². The van der Waals surface area contributed by atoms with Crippen LogP contribution in [0, 0.1) is 0 Å². The monoisotopic (exact) mass is 324 g/mol. The van der Waals surface area contributed by atoms with Crippen molar-refractivity contribution in [3.05, 3.63) is 54.1 Å². The number of nitrogens with zero attached hydrogens (tertiary/aromatic N) is 4. The zero-order valence-electron chi connectivity index (χ0n) is 13.0. The maximum atomic E-state index is 12.7. The number of ether oxygens (including phenoxy) is 1. The Morgan fingerprint density at radius 1 is 1.25 bits per heavy atom. The van der Waals surface area contributed by atoms with Gasteiger partial charge in [-0.25, -0.2) is 9.78 Å². The molecule has 2 aliphatic heterocycles. The van der Waals surface area contributed by atoms with Gasteiger partial charge in [-0.05, 0) is 18.1 Å². The van der Waals surface area contributed by atoms with Crippen molar-refractivity contribution in [1.82, 2.24) is 14.9 Å². The Balaban J connectivity index is 1.69. The van der Waals surface area contributed by atoms with Crippen molar-refractivity contribution in [2.45, 2.75) is 19.0 Å². The zero-order chi connectivity index (χ0) is 16.5. The third kappa shape index (κ3) is 2.47. The Kier molecular flexibility index (Phi) is 3.60. The molecule has 1 atom stereocenters. The summed E-state index contributed by atoms with van der Waals surface area (Å²) in [5.41, 5.74) is 2.05. The smallest absolute Gasteiger partial charge is 0.414 e. The van der Waals surface area contributed by atoms with E-state index in [2.05, 4.69) is 9.97 Å². The van der Waals surface area contributed by atoms with Crippen molar-refractivity contribution in [2.24, 2.45) is 0 Å². The lowest BCUT2D eigenvalue weighted by Gasteiger charge is -2.32. The summed E-state index contributed by atoms with van der Waals surface area (Å²) in [6, 6.07) is 7.56. The summed E-state index contributed by atoms with van der Waals surface area (Å²) >= 11 is 0. The number of benzene rings is 1. The van der Waals surface area contributed by atoms with E-state index in [4.69, 9.17) is 4.74 Å². The molecule has 1 aromatic heterocycles. The van der Waals surface area contributed by atoms with Gasteiger partial charge in [0, 0.05) is 25.5 Å². The second-order valence-electron chi connectivity index (χ2n) is 5.84. The van der Waals surface area contributed by atoms with Crippen LogP contribution in [0.3, 0.4) is 0 Å². The van der Waals surface area contributed by atoms with Gasteiger partial charge in [0.05, 0.1) is 17.9 Å². The van der Waals surface area contributed by atoms with Crippen molar-refractivity contribution in [1.29, 1.82) is 0 Å². The van der Waals surface area contributed by atoms with Gasteiger partial charge in [0.1, 0.15) is 12.3 Å². The maximum Gasteiger partial charge on any atom is 0.414 e. The van der Waals surface area contributed by atoms with E-state index in [9.17, 15) is 9.59 Å². The van der Waals surface area contributed by atoms with E-state index < -0.39 is 0 Å². The molecule has 4 rings (SSSR count). The predicted octanol–water partition coefficient (Wildman–Crippen LogP) is 1.85. The minimum atomic E-state index is -0.318. The van der Waals surface area contributed by atoms with Crippen LogP contribution in [0.25, 0.3) is 0 Å². The van der Waals surface area contributed by atoms with Crippen LogP contribution in [0.2, 0.25) is 0 Å². The van der Waals surface area contributed by atoms with Crippen molar-refractivity contribution in [3.63, 3.8) is 0 Å². The first-order valence-electron chi connectivity index (χ1n) is 7.83. The maximum absolute atomic E-state index is 12.7. The normalized spacial score (nSPS) is 19.8. The molecule has 7 nitrogen and oxygen atoms in total. The molecule has 3 heterocycles. The molecular weight excluding hydrogens is 308 g/mol. The summed E-state index contributed by atoms with van der Waals surface area (Å²) in [5, 5.41) is 0. The zero-order valence-corrected chi connectivity index (χ0v) is 13.0. The van der Waals surface area contributed by atoms with Crippen LogP contribution in [-0.2, 0) is 11.3 Å². The highest BCUT2D eigenvalue weighted by Crippen LogP contribution is 2.31. The highest BCUT2D eigenvalue weighted by molar-refractivity contribution is 5.93. The number of carbonyl (C=O) groups excluding carboxylic acids is 2. The molecule has 2 amide bonds. The summed E-state index contributed by atoms with van der Waals surface area (Å²) in [7, 11) is 0. The molecule has 0 unspecified atom stereocenters. The van der Waals surface area contributed by atoms with Crippen LogP contribution in [0.1, 0.15) is 22.5 Å². The SMILES string of the molecule is O=C(c1cnccn1)N1CC[C@H]2COC(=O)N2c2ccccc2C1. The molecule has 1 fully saturated rings. The van der Waals surface area contributed by atoms with Gasteiger partial charge in [-0.15, -0.1) is 0 Å². The highest BCUT2D eigenvalue weighted by atomic mass is 16.6. The summed E-state index contributed by atoms with van der Waals surface area (Å²) in [5.74, 6) is -0.156. The van der Waals surface area contributed by atoms with Crippen molar-refractivity contribution in [3.8, 4) is 0 Å². The molecule has 24 heavy (non-hydrogen) atoms. The molecule has 1 aromatic carbocycles. The number of para-hydroxylation sites is 1. The van der Waals surface area contributed by atoms with Crippen LogP contribution in [-0.4, -0.2) is 46.1 Å². The van der Waals surface area contributed by atoms with E-state index in [0.717, 1.165) is 11.3 Å². The van der Waals surface area contributed by atoms with Crippen LogP contribution in [0.4, 0.5) is 10.5 Å². The van der Waals surface area contributed by atoms with Gasteiger partial charge in [0.2, 0.25) is 0 Å². The summed E-state index contributed by atoms with van der Waals surface area (Å²) in [6.07, 6.45) is 4.87. The van der Waals surface area contributed by atoms with E-state index in [1.165, 1.54) is 12.4 Å². The molecule has 0 radical (unpaired) electrons. The number of cyclic esters (lactones) is 1. The fourth-order valence-electron chi connectivity index (χ4n) is 3.18. The molecular formula is C17H16N4O3. The Bertz CT molecular complexity index is 780. The molecule has 0 bridgehead atoms. The lowest BCUT2D eigenvalue weighted by molar-refractivity contribution is 0.0728. The fourth-order valence-corrected chi connectivity index (χ4v) is 3.18. The Morgan fingerprint density at radius 2 is 2.12 bits per heavy atom. The predicted molar refractivity (Wildman–Crippen MR) is 85.4 cm³/mol. The first kappa shape index (κ1) is 14.6. The number of anilines is 1. The Morgan fingerprint density at radius 3 is 2.96 bits per heavy atom. The standard InChI is InChI=1S/C17H16N4O3/c22-16(14-9-18-6-7-19-14)20-8-5-13-11-24-17(23)21(13)15-4-2-1-3-12(15)10-20/h1-4,6-7,9,13H,5,8,10-11H2/t13-/m0/s1. The Hall–Kier alpha value is -2.96. The second-order valence-corrected chi connectivity index (χ2v) is 5.84. The van der Waals surface area contributed by atoms with Gasteiger partial charge < -0.3 is 9.64 Å². The lowest BCUT2D eigenvalue weighted by Crippen LogP contribution is -2.42. The molecule has 0 aliphatic carbocycles. The van der Waals surface area contributed by atoms with Gasteiger partial charge in [-0.3, -0.25) is 14.7 Å². The molecule has 2 aliphatic rings. The van der Waals surface area contributed by atoms with Gasteiger partial charge in [-0.2, -0.15) is 0 Å². The van der Waals surface area contributed by atoms with E-state index in [0.29, 0.717) is 31.8 Å². The quantitative estimate of drug-likeness (QED) is 0.800. The largest absolute Gasteiger partial charge is 0.447 e. The first-order chi connectivity index (χ1) is 11.7. The van der Waals surface area contributed by atoms with Gasteiger partial charge >= 0.3 is 6.09 Å². The average molecular weight is 324 g/mol. The summed E-state index contributed by atoms with van der Waals surface area (Å²) in [4.78, 5) is 36.3. The lowest BCUT2D eigenvalue weighted by atomic mass is 10.1. The number of fused-ring (bicyclic) bond motifs is 3. The third-order valence-corrected chi connectivity index (χ3v) is 4.38. The van der Waals surface area contributed by atoms with Crippen molar-refractivity contribution < 1.29 is 14.3 Å². The number of hydrogen-bond donors (Lipinski definition) is 0. The molecule has 0 saturated carbocycles. The summed E-state index contributed by atoms with van der Waals surface area (Å²) < 4.78 is 5.21. The number of rotatable bonds is 1. The molecule has 1 saturated heterocycles. The number of hydrogen-bond acceptors (Lipinski definition) is 5. The minimum absolute atomic E-state index is 0.0592. The van der Waals surface area contributed by atoms with Gasteiger partial charge in [-0.1, -0.05) is 18.2 Å². The fraction of sp³-hybridized carbons (Fsp3) is 0.294. The molecule has 2 aromatic rings. The van der Waals surface area contributed by atoms with Gasteiger partial charge in [0.15, 0.2) is 0 Å². The van der Waals surface area contributed by atoms with Crippen molar-refractivity contribution >= 4 is 17.7 Å². The van der Waals surface area contributed by atoms with Crippen LogP contribution >= 0.6 is 0 Å². The number of amides is 2. The number of aromatic nitrogens is 2. The molecule has 0 spiro atoms. The number of carbonyl (C=O) groups is 2. The molecule has 7 heteroatoms. The van der Waals surface area contributed by atoms with Crippen molar-refractivity contribution in [2.75, 3.05) is 18.1 Å². The highest BCUT2D eigenvalue weighted by Gasteiger charge is 2.37. The van der Waals surface area contributed by atoms with E-state index >= 15 is 0 Å². The topological polar surface area (TPSA) is 75.6 Å². The average Bonchev–Trinajstić information content (AvgIpc) is 2.97. The second kappa shape index (κ2) is 5.92.